The van der Waals surface area contributed by atoms with Crippen molar-refractivity contribution in [1.82, 2.24) is 5.01 Å². The Morgan fingerprint density at radius 2 is 1.81 bits per heavy atom. The van der Waals surface area contributed by atoms with Gasteiger partial charge in [-0.25, -0.2) is 5.01 Å². The fraction of sp³-hybridized carbons (Fsp3) is 0.333. The molecule has 8 heteroatoms. The van der Waals surface area contributed by atoms with E-state index in [1.807, 2.05) is 48.5 Å². The average Bonchev–Trinajstić information content (AvgIpc) is 3.24. The van der Waals surface area contributed by atoms with Crippen molar-refractivity contribution in [3.05, 3.63) is 75.7 Å². The van der Waals surface area contributed by atoms with Crippen LogP contribution in [0.4, 0.5) is 0 Å². The van der Waals surface area contributed by atoms with Crippen molar-refractivity contribution >= 4 is 17.7 Å². The molecule has 1 saturated carbocycles. The van der Waals surface area contributed by atoms with E-state index in [2.05, 4.69) is 16.1 Å². The van der Waals surface area contributed by atoms with Crippen LogP contribution in [0.15, 0.2) is 64.3 Å². The Morgan fingerprint density at radius 1 is 1.16 bits per heavy atom. The van der Waals surface area contributed by atoms with Crippen LogP contribution in [-0.2, 0) is 4.79 Å². The van der Waals surface area contributed by atoms with Crippen LogP contribution in [0.25, 0.3) is 16.5 Å². The Kier molecular flexibility index (Phi) is 6.42. The van der Waals surface area contributed by atoms with Crippen LogP contribution in [0.1, 0.15) is 36.4 Å². The Bertz CT molecular complexity index is 1090. The Balaban J connectivity index is 1.71. The number of nitrogens with zero attached hydrogens (tertiary/aromatic N) is 5. The molecule has 0 aromatic heterocycles. The van der Waals surface area contributed by atoms with Gasteiger partial charge in [-0.15, -0.1) is 0 Å². The van der Waals surface area contributed by atoms with Crippen molar-refractivity contribution in [2.24, 2.45) is 16.1 Å². The molecule has 32 heavy (non-hydrogen) atoms. The summed E-state index contributed by atoms with van der Waals surface area (Å²) in [5, 5.41) is 9.74. The van der Waals surface area contributed by atoms with Crippen molar-refractivity contribution in [3.63, 3.8) is 0 Å². The molecule has 0 unspecified atom stereocenters. The first-order valence-corrected chi connectivity index (χ1v) is 10.5. The molecule has 0 radical (unpaired) electrons. The second kappa shape index (κ2) is 9.58. The monoisotopic (exact) mass is 431 g/mol. The number of carbonyl (C=O) groups is 1. The van der Waals surface area contributed by atoms with Crippen molar-refractivity contribution in [2.45, 2.75) is 25.3 Å². The standard InChI is InChI=1S/C24H25N5O3/c1-31-19-10-6-16(7-11-19)14-18-4-3-5-21-23(18)27-29(22(30)15-26-28-25)24(21)17-8-12-20(32-2)13-9-17/h6-14,21,24H,3-5,15H2,1-2H3/b18-14-/t21-,24-/m0/s1. The number of azide groups is 1. The quantitative estimate of drug-likeness (QED) is 0.360. The van der Waals surface area contributed by atoms with Gasteiger partial charge in [-0.2, -0.15) is 5.10 Å². The number of benzene rings is 2. The molecule has 1 amide bonds. The van der Waals surface area contributed by atoms with Gasteiger partial charge in [-0.05, 0) is 71.8 Å². The van der Waals surface area contributed by atoms with E-state index in [-0.39, 0.29) is 24.4 Å². The third-order valence-electron chi connectivity index (χ3n) is 5.94. The van der Waals surface area contributed by atoms with Gasteiger partial charge < -0.3 is 9.47 Å². The number of amides is 1. The first-order chi connectivity index (χ1) is 15.6. The van der Waals surface area contributed by atoms with Crippen LogP contribution in [0.5, 0.6) is 11.5 Å². The van der Waals surface area contributed by atoms with Gasteiger partial charge in [0.1, 0.15) is 18.0 Å². The summed E-state index contributed by atoms with van der Waals surface area (Å²) in [6.07, 6.45) is 4.98. The second-order valence-corrected chi connectivity index (χ2v) is 7.77. The summed E-state index contributed by atoms with van der Waals surface area (Å²) in [6, 6.07) is 15.4. The van der Waals surface area contributed by atoms with E-state index in [1.54, 1.807) is 14.2 Å². The van der Waals surface area contributed by atoms with Crippen molar-refractivity contribution in [3.8, 4) is 11.5 Å². The van der Waals surface area contributed by atoms with Crippen molar-refractivity contribution < 1.29 is 14.3 Å². The minimum atomic E-state index is -0.311. The summed E-state index contributed by atoms with van der Waals surface area (Å²) in [6.45, 7) is -0.260. The maximum Gasteiger partial charge on any atom is 0.249 e. The van der Waals surface area contributed by atoms with Gasteiger partial charge in [-0.3, -0.25) is 4.79 Å². The molecular formula is C24H25N5O3. The third-order valence-corrected chi connectivity index (χ3v) is 5.94. The molecule has 0 bridgehead atoms. The van der Waals surface area contributed by atoms with Gasteiger partial charge in [-0.1, -0.05) is 29.4 Å². The van der Waals surface area contributed by atoms with E-state index in [1.165, 1.54) is 5.01 Å². The number of methoxy groups -OCH3 is 2. The molecule has 0 saturated heterocycles. The Labute approximate surface area is 186 Å². The summed E-state index contributed by atoms with van der Waals surface area (Å²) in [7, 11) is 3.27. The molecule has 1 heterocycles. The molecule has 1 aliphatic carbocycles. The largest absolute Gasteiger partial charge is 0.497 e. The van der Waals surface area contributed by atoms with E-state index in [9.17, 15) is 4.79 Å². The molecule has 1 fully saturated rings. The van der Waals surface area contributed by atoms with Crippen LogP contribution in [-0.4, -0.2) is 37.4 Å². The molecule has 0 N–H and O–H groups in total. The second-order valence-electron chi connectivity index (χ2n) is 7.77. The number of hydrogen-bond acceptors (Lipinski definition) is 5. The summed E-state index contributed by atoms with van der Waals surface area (Å²) >= 11 is 0. The van der Waals surface area contributed by atoms with Gasteiger partial charge in [0.05, 0.1) is 26.0 Å². The van der Waals surface area contributed by atoms with Crippen LogP contribution in [0, 0.1) is 5.92 Å². The first-order valence-electron chi connectivity index (χ1n) is 10.5. The Morgan fingerprint density at radius 3 is 2.44 bits per heavy atom. The SMILES string of the molecule is COc1ccc(/C=C2/CCC[C@H]3C2=NN(C(=O)CN=[N+]=[N-])[C@H]3c2ccc(OC)cc2)cc1. The van der Waals surface area contributed by atoms with Gasteiger partial charge >= 0.3 is 0 Å². The number of allylic oxidation sites excluding steroid dienone is 1. The zero-order valence-corrected chi connectivity index (χ0v) is 18.1. The lowest BCUT2D eigenvalue weighted by Gasteiger charge is -2.29. The lowest BCUT2D eigenvalue weighted by atomic mass is 9.77. The van der Waals surface area contributed by atoms with Crippen LogP contribution in [0.2, 0.25) is 0 Å². The number of hydrazone groups is 1. The van der Waals surface area contributed by atoms with Crippen molar-refractivity contribution in [1.29, 1.82) is 0 Å². The average molecular weight is 431 g/mol. The van der Waals surface area contributed by atoms with Gasteiger partial charge in [0.15, 0.2) is 0 Å². The number of rotatable bonds is 6. The molecule has 8 nitrogen and oxygen atoms in total. The highest BCUT2D eigenvalue weighted by atomic mass is 16.5. The lowest BCUT2D eigenvalue weighted by Crippen LogP contribution is -2.33. The highest BCUT2D eigenvalue weighted by Crippen LogP contribution is 2.44. The van der Waals surface area contributed by atoms with Gasteiger partial charge in [0, 0.05) is 10.8 Å². The smallest absolute Gasteiger partial charge is 0.249 e. The maximum absolute atomic E-state index is 12.9. The van der Waals surface area contributed by atoms with E-state index >= 15 is 0 Å². The molecule has 2 atom stereocenters. The molecule has 164 valence electrons. The molecule has 4 rings (SSSR count). The predicted molar refractivity (Wildman–Crippen MR) is 122 cm³/mol. The van der Waals surface area contributed by atoms with Crippen LogP contribution < -0.4 is 9.47 Å². The van der Waals surface area contributed by atoms with Crippen LogP contribution >= 0.6 is 0 Å². The molecule has 1 aliphatic heterocycles. The fourth-order valence-electron chi connectivity index (χ4n) is 4.41. The minimum Gasteiger partial charge on any atom is -0.497 e. The lowest BCUT2D eigenvalue weighted by molar-refractivity contribution is -0.132. The van der Waals surface area contributed by atoms with Gasteiger partial charge in [0.2, 0.25) is 5.91 Å². The number of hydrogen-bond donors (Lipinski definition) is 0. The molecular weight excluding hydrogens is 406 g/mol. The normalized spacial score (nSPS) is 20.9. The number of carbonyl (C=O) groups excluding carboxylic acids is 1. The Hall–Kier alpha value is -3.77. The summed E-state index contributed by atoms with van der Waals surface area (Å²) < 4.78 is 10.5. The molecule has 2 aromatic carbocycles. The highest BCUT2D eigenvalue weighted by molar-refractivity contribution is 6.08. The predicted octanol–water partition coefficient (Wildman–Crippen LogP) is 5.14. The highest BCUT2D eigenvalue weighted by Gasteiger charge is 2.43. The minimum absolute atomic E-state index is 0.0802. The summed E-state index contributed by atoms with van der Waals surface area (Å²) in [4.78, 5) is 15.6. The van der Waals surface area contributed by atoms with E-state index in [0.29, 0.717) is 0 Å². The number of ether oxygens (including phenoxy) is 2. The molecule has 2 aromatic rings. The van der Waals surface area contributed by atoms with E-state index in [0.717, 1.165) is 53.2 Å². The topological polar surface area (TPSA) is 99.9 Å². The third kappa shape index (κ3) is 4.31. The zero-order valence-electron chi connectivity index (χ0n) is 18.1. The van der Waals surface area contributed by atoms with Crippen molar-refractivity contribution in [2.75, 3.05) is 20.8 Å². The zero-order chi connectivity index (χ0) is 22.5. The molecule has 0 spiro atoms. The summed E-state index contributed by atoms with van der Waals surface area (Å²) in [5.74, 6) is 1.33. The van der Waals surface area contributed by atoms with Crippen LogP contribution in [0.3, 0.4) is 0 Å². The molecule has 2 aliphatic rings. The summed E-state index contributed by atoms with van der Waals surface area (Å²) in [5.41, 5.74) is 12.8. The van der Waals surface area contributed by atoms with E-state index in [4.69, 9.17) is 20.1 Å². The number of fused-ring (bicyclic) bond motifs is 1. The first kappa shape index (κ1) is 21.5. The van der Waals surface area contributed by atoms with Gasteiger partial charge in [0.25, 0.3) is 0 Å². The van der Waals surface area contributed by atoms with E-state index < -0.39 is 0 Å². The maximum atomic E-state index is 12.9. The fourth-order valence-corrected chi connectivity index (χ4v) is 4.41.